The van der Waals surface area contributed by atoms with E-state index >= 15 is 0 Å². The summed E-state index contributed by atoms with van der Waals surface area (Å²) in [5.41, 5.74) is 2.11. The monoisotopic (exact) mass is 390 g/mol. The van der Waals surface area contributed by atoms with E-state index < -0.39 is 0 Å². The molecule has 0 unspecified atom stereocenters. The Balaban J connectivity index is 1.61. The first-order chi connectivity index (χ1) is 13.1. The van der Waals surface area contributed by atoms with Crippen molar-refractivity contribution >= 4 is 17.2 Å². The van der Waals surface area contributed by atoms with Gasteiger partial charge < -0.3 is 19.5 Å². The second kappa shape index (κ2) is 9.10. The van der Waals surface area contributed by atoms with E-state index in [9.17, 15) is 4.79 Å². The van der Waals surface area contributed by atoms with Crippen molar-refractivity contribution in [1.82, 2.24) is 10.2 Å². The molecule has 1 aromatic heterocycles. The lowest BCUT2D eigenvalue weighted by atomic mass is 10.1. The molecule has 6 nitrogen and oxygen atoms in total. The summed E-state index contributed by atoms with van der Waals surface area (Å²) in [6, 6.07) is 6.24. The van der Waals surface area contributed by atoms with E-state index in [4.69, 9.17) is 14.2 Å². The summed E-state index contributed by atoms with van der Waals surface area (Å²) < 4.78 is 16.1. The second-order valence-corrected chi connectivity index (χ2v) is 7.34. The molecule has 0 radical (unpaired) electrons. The van der Waals surface area contributed by atoms with E-state index in [1.54, 1.807) is 38.7 Å². The summed E-state index contributed by atoms with van der Waals surface area (Å²) in [4.78, 5) is 14.8. The highest BCUT2D eigenvalue weighted by Gasteiger charge is 2.30. The van der Waals surface area contributed by atoms with E-state index in [1.807, 2.05) is 6.07 Å². The Morgan fingerprint density at radius 2 is 1.85 bits per heavy atom. The summed E-state index contributed by atoms with van der Waals surface area (Å²) >= 11 is 1.69. The molecule has 0 atom stereocenters. The number of hydrogen-bond donors (Lipinski definition) is 1. The van der Waals surface area contributed by atoms with E-state index in [1.165, 1.54) is 18.4 Å². The van der Waals surface area contributed by atoms with Gasteiger partial charge in [-0.2, -0.15) is 11.3 Å². The number of rotatable bonds is 10. The van der Waals surface area contributed by atoms with E-state index in [-0.39, 0.29) is 5.91 Å². The van der Waals surface area contributed by atoms with Gasteiger partial charge >= 0.3 is 0 Å². The Morgan fingerprint density at radius 1 is 1.15 bits per heavy atom. The zero-order chi connectivity index (χ0) is 19.2. The zero-order valence-electron chi connectivity index (χ0n) is 16.0. The van der Waals surface area contributed by atoms with Gasteiger partial charge in [-0.25, -0.2) is 0 Å². The van der Waals surface area contributed by atoms with Crippen LogP contribution in [0.1, 0.15) is 24.0 Å². The number of carbonyl (C=O) groups excluding carboxylic acids is 1. The number of methoxy groups -OCH3 is 3. The van der Waals surface area contributed by atoms with Crippen LogP contribution in [0, 0.1) is 0 Å². The molecule has 0 aliphatic heterocycles. The van der Waals surface area contributed by atoms with Gasteiger partial charge in [0.2, 0.25) is 5.91 Å². The highest BCUT2D eigenvalue weighted by molar-refractivity contribution is 7.07. The van der Waals surface area contributed by atoms with Crippen molar-refractivity contribution in [3.63, 3.8) is 0 Å². The third kappa shape index (κ3) is 5.14. The van der Waals surface area contributed by atoms with Gasteiger partial charge in [0.1, 0.15) is 5.75 Å². The highest BCUT2D eigenvalue weighted by atomic mass is 32.1. The lowest BCUT2D eigenvalue weighted by Gasteiger charge is -2.21. The molecule has 3 rings (SSSR count). The van der Waals surface area contributed by atoms with Crippen molar-refractivity contribution in [2.24, 2.45) is 0 Å². The predicted molar refractivity (Wildman–Crippen MR) is 106 cm³/mol. The maximum atomic E-state index is 12.5. The van der Waals surface area contributed by atoms with Crippen LogP contribution in [0.3, 0.4) is 0 Å². The van der Waals surface area contributed by atoms with Crippen molar-refractivity contribution < 1.29 is 19.0 Å². The molecule has 1 aliphatic carbocycles. The topological polar surface area (TPSA) is 60.0 Å². The number of benzene rings is 1. The van der Waals surface area contributed by atoms with Crippen molar-refractivity contribution in [2.45, 2.75) is 32.0 Å². The molecule has 0 spiro atoms. The first kappa shape index (κ1) is 19.5. The molecule has 7 heteroatoms. The normalized spacial score (nSPS) is 13.5. The van der Waals surface area contributed by atoms with Crippen LogP contribution in [0.25, 0.3) is 0 Å². The van der Waals surface area contributed by atoms with Gasteiger partial charge in [-0.15, -0.1) is 0 Å². The zero-order valence-corrected chi connectivity index (χ0v) is 16.8. The Kier molecular flexibility index (Phi) is 6.58. The van der Waals surface area contributed by atoms with Gasteiger partial charge in [0.15, 0.2) is 11.5 Å². The van der Waals surface area contributed by atoms with Gasteiger partial charge in [0.25, 0.3) is 0 Å². The van der Waals surface area contributed by atoms with Crippen LogP contribution in [0.2, 0.25) is 0 Å². The fourth-order valence-electron chi connectivity index (χ4n) is 3.04. The second-order valence-electron chi connectivity index (χ2n) is 6.56. The van der Waals surface area contributed by atoms with Crippen LogP contribution in [-0.4, -0.2) is 44.7 Å². The molecule has 1 aromatic carbocycles. The first-order valence-corrected chi connectivity index (χ1v) is 9.89. The standard InChI is InChI=1S/C20H26N2O4S/c1-24-17-9-19(26-3)18(25-2)8-15(17)10-21-20(23)12-22(16-4-5-16)11-14-6-7-27-13-14/h6-9,13,16H,4-5,10-12H2,1-3H3,(H,21,23). The molecular formula is C20H26N2O4S. The number of carbonyl (C=O) groups is 1. The maximum Gasteiger partial charge on any atom is 0.234 e. The van der Waals surface area contributed by atoms with Gasteiger partial charge in [0, 0.05) is 30.8 Å². The third-order valence-corrected chi connectivity index (χ3v) is 5.37. The van der Waals surface area contributed by atoms with E-state index in [2.05, 4.69) is 27.0 Å². The van der Waals surface area contributed by atoms with E-state index in [0.717, 1.165) is 12.1 Å². The SMILES string of the molecule is COc1cc(OC)c(OC)cc1CNC(=O)CN(Cc1ccsc1)C1CC1. The minimum absolute atomic E-state index is 0.00830. The number of nitrogens with one attached hydrogen (secondary N) is 1. The Bertz CT molecular complexity index is 760. The number of nitrogens with zero attached hydrogens (tertiary/aromatic N) is 1. The van der Waals surface area contributed by atoms with E-state index in [0.29, 0.717) is 36.4 Å². The average molecular weight is 391 g/mol. The Morgan fingerprint density at radius 3 is 2.44 bits per heavy atom. The predicted octanol–water partition coefficient (Wildman–Crippen LogP) is 3.05. The first-order valence-electron chi connectivity index (χ1n) is 8.95. The molecule has 146 valence electrons. The molecule has 1 saturated carbocycles. The molecule has 1 amide bonds. The summed E-state index contributed by atoms with van der Waals surface area (Å²) in [7, 11) is 4.77. The number of thiophene rings is 1. The van der Waals surface area contributed by atoms with Crippen LogP contribution >= 0.6 is 11.3 Å². The van der Waals surface area contributed by atoms with Gasteiger partial charge in [-0.05, 0) is 41.3 Å². The van der Waals surface area contributed by atoms with Gasteiger partial charge in [-0.1, -0.05) is 0 Å². The lowest BCUT2D eigenvalue weighted by Crippen LogP contribution is -2.37. The van der Waals surface area contributed by atoms with Crippen LogP contribution in [0.15, 0.2) is 29.0 Å². The number of amides is 1. The van der Waals surface area contributed by atoms with Gasteiger partial charge in [-0.3, -0.25) is 9.69 Å². The molecule has 0 bridgehead atoms. The highest BCUT2D eigenvalue weighted by Crippen LogP contribution is 2.34. The molecule has 1 heterocycles. The molecule has 2 aromatic rings. The lowest BCUT2D eigenvalue weighted by molar-refractivity contribution is -0.122. The van der Waals surface area contributed by atoms with Crippen LogP contribution in [-0.2, 0) is 17.9 Å². The number of hydrogen-bond acceptors (Lipinski definition) is 6. The number of ether oxygens (including phenoxy) is 3. The van der Waals surface area contributed by atoms with Gasteiger partial charge in [0.05, 0.1) is 27.9 Å². The Labute approximate surface area is 164 Å². The van der Waals surface area contributed by atoms with Crippen molar-refractivity contribution in [2.75, 3.05) is 27.9 Å². The molecular weight excluding hydrogens is 364 g/mol. The molecule has 0 saturated heterocycles. The Hall–Kier alpha value is -2.25. The maximum absolute atomic E-state index is 12.5. The molecule has 27 heavy (non-hydrogen) atoms. The quantitative estimate of drug-likeness (QED) is 0.676. The molecule has 1 aliphatic rings. The van der Waals surface area contributed by atoms with Crippen LogP contribution in [0.5, 0.6) is 17.2 Å². The summed E-state index contributed by atoms with van der Waals surface area (Å²) in [5, 5.41) is 7.21. The third-order valence-electron chi connectivity index (χ3n) is 4.64. The minimum atomic E-state index is 0.00830. The fraction of sp³-hybridized carbons (Fsp3) is 0.450. The van der Waals surface area contributed by atoms with Crippen LogP contribution in [0.4, 0.5) is 0 Å². The summed E-state index contributed by atoms with van der Waals surface area (Å²) in [6.07, 6.45) is 2.34. The largest absolute Gasteiger partial charge is 0.496 e. The molecule has 1 N–H and O–H groups in total. The minimum Gasteiger partial charge on any atom is -0.496 e. The van der Waals surface area contributed by atoms with Crippen molar-refractivity contribution in [3.8, 4) is 17.2 Å². The van der Waals surface area contributed by atoms with Crippen LogP contribution < -0.4 is 19.5 Å². The smallest absolute Gasteiger partial charge is 0.234 e. The average Bonchev–Trinajstić information content (AvgIpc) is 3.42. The fourth-order valence-corrected chi connectivity index (χ4v) is 3.70. The summed E-state index contributed by atoms with van der Waals surface area (Å²) in [6.45, 7) is 1.59. The van der Waals surface area contributed by atoms with Crippen molar-refractivity contribution in [1.29, 1.82) is 0 Å². The van der Waals surface area contributed by atoms with Crippen molar-refractivity contribution in [3.05, 3.63) is 40.1 Å². The molecule has 1 fully saturated rings. The summed E-state index contributed by atoms with van der Waals surface area (Å²) in [5.74, 6) is 1.87.